The fraction of sp³-hybridized carbons (Fsp3) is 0.500. The Bertz CT molecular complexity index is 489. The molecule has 1 aromatic rings. The number of hydrogen-bond acceptors (Lipinski definition) is 1. The van der Waals surface area contributed by atoms with Crippen molar-refractivity contribution in [2.24, 2.45) is 5.92 Å². The van der Waals surface area contributed by atoms with Gasteiger partial charge in [0.15, 0.2) is 0 Å². The van der Waals surface area contributed by atoms with Crippen LogP contribution in [0.3, 0.4) is 0 Å². The Hall–Kier alpha value is -0.680. The summed E-state index contributed by atoms with van der Waals surface area (Å²) >= 11 is 8.87. The Kier molecular flexibility index (Phi) is 5.38. The third-order valence-corrected chi connectivity index (χ3v) is 4.51. The van der Waals surface area contributed by atoms with Gasteiger partial charge < -0.3 is 5.32 Å². The van der Waals surface area contributed by atoms with Crippen molar-refractivity contribution >= 4 is 33.4 Å². The smallest absolute Gasteiger partial charge is 0.257 e. The fourth-order valence-corrected chi connectivity index (χ4v) is 3.35. The maximum absolute atomic E-state index is 13.7. The maximum Gasteiger partial charge on any atom is 0.257 e. The largest absolute Gasteiger partial charge is 0.349 e. The molecule has 1 saturated carbocycles. The molecule has 20 heavy (non-hydrogen) atoms. The molecule has 110 valence electrons. The zero-order valence-electron chi connectivity index (χ0n) is 10.8. The molecule has 0 heterocycles. The zero-order chi connectivity index (χ0) is 14.7. The lowest BCUT2D eigenvalue weighted by molar-refractivity contribution is 0.0902. The van der Waals surface area contributed by atoms with Crippen LogP contribution in [0.25, 0.3) is 0 Å². The molecule has 1 amide bonds. The van der Waals surface area contributed by atoms with Crippen LogP contribution >= 0.6 is 27.5 Å². The monoisotopic (exact) mass is 365 g/mol. The average Bonchev–Trinajstić information content (AvgIpc) is 2.38. The highest BCUT2D eigenvalue weighted by molar-refractivity contribution is 9.10. The summed E-state index contributed by atoms with van der Waals surface area (Å²) in [6.07, 6.45) is 3.79. The molecule has 0 aromatic heterocycles. The van der Waals surface area contributed by atoms with Gasteiger partial charge in [0.1, 0.15) is 17.2 Å². The second-order valence-electron chi connectivity index (χ2n) is 5.02. The summed E-state index contributed by atoms with van der Waals surface area (Å²) in [5, 5.41) is 2.72. The van der Waals surface area contributed by atoms with Gasteiger partial charge in [-0.25, -0.2) is 8.78 Å². The number of hydrogen-bond donors (Lipinski definition) is 1. The van der Waals surface area contributed by atoms with Crippen LogP contribution in [0.2, 0.25) is 0 Å². The van der Waals surface area contributed by atoms with Gasteiger partial charge >= 0.3 is 0 Å². The SMILES string of the molecule is O=C(NC1CCCCC1CCl)c1c(F)cc(Br)cc1F. The second-order valence-corrected chi connectivity index (χ2v) is 6.25. The number of amides is 1. The minimum absolute atomic E-state index is 0.115. The Morgan fingerprint density at radius 2 is 1.90 bits per heavy atom. The van der Waals surface area contributed by atoms with Crippen LogP contribution in [0.1, 0.15) is 36.0 Å². The van der Waals surface area contributed by atoms with E-state index in [1.807, 2.05) is 0 Å². The molecule has 2 nitrogen and oxygen atoms in total. The van der Waals surface area contributed by atoms with Gasteiger partial charge in [-0.05, 0) is 30.9 Å². The van der Waals surface area contributed by atoms with E-state index in [2.05, 4.69) is 21.2 Å². The van der Waals surface area contributed by atoms with E-state index in [-0.39, 0.29) is 16.4 Å². The first-order valence-corrected chi connectivity index (χ1v) is 7.87. The predicted octanol–water partition coefficient (Wildman–Crippen LogP) is 4.25. The normalized spacial score (nSPS) is 22.6. The van der Waals surface area contributed by atoms with Crippen molar-refractivity contribution in [3.05, 3.63) is 33.8 Å². The predicted molar refractivity (Wildman–Crippen MR) is 78.0 cm³/mol. The van der Waals surface area contributed by atoms with Crippen molar-refractivity contribution in [3.8, 4) is 0 Å². The van der Waals surface area contributed by atoms with E-state index >= 15 is 0 Å². The summed E-state index contributed by atoms with van der Waals surface area (Å²) in [6.45, 7) is 0. The Labute approximate surface area is 130 Å². The van der Waals surface area contributed by atoms with E-state index < -0.39 is 23.1 Å². The van der Waals surface area contributed by atoms with E-state index in [1.165, 1.54) is 0 Å². The van der Waals surface area contributed by atoms with E-state index in [0.717, 1.165) is 37.8 Å². The summed E-state index contributed by atoms with van der Waals surface area (Å²) in [5.41, 5.74) is -0.535. The molecular weight excluding hydrogens is 352 g/mol. The number of rotatable bonds is 3. The van der Waals surface area contributed by atoms with E-state index in [1.54, 1.807) is 0 Å². The third kappa shape index (κ3) is 3.50. The highest BCUT2D eigenvalue weighted by Gasteiger charge is 2.28. The first kappa shape index (κ1) is 15.7. The van der Waals surface area contributed by atoms with Gasteiger partial charge in [0.25, 0.3) is 5.91 Å². The lowest BCUT2D eigenvalue weighted by atomic mass is 9.85. The number of carbonyl (C=O) groups is 1. The van der Waals surface area contributed by atoms with Gasteiger partial charge in [-0.15, -0.1) is 11.6 Å². The van der Waals surface area contributed by atoms with Gasteiger partial charge in [0.05, 0.1) is 0 Å². The van der Waals surface area contributed by atoms with E-state index in [9.17, 15) is 13.6 Å². The minimum Gasteiger partial charge on any atom is -0.349 e. The van der Waals surface area contributed by atoms with Crippen LogP contribution in [-0.2, 0) is 0 Å². The molecule has 6 heteroatoms. The molecule has 1 N–H and O–H groups in total. The number of carbonyl (C=O) groups excluding carboxylic acids is 1. The van der Waals surface area contributed by atoms with Crippen molar-refractivity contribution < 1.29 is 13.6 Å². The summed E-state index contributed by atoms with van der Waals surface area (Å²) in [5.74, 6) is -1.85. The average molecular weight is 367 g/mol. The first-order valence-electron chi connectivity index (χ1n) is 6.54. The highest BCUT2D eigenvalue weighted by Crippen LogP contribution is 2.26. The molecule has 1 aliphatic carbocycles. The molecular formula is C14H15BrClF2NO. The molecule has 2 unspecified atom stereocenters. The van der Waals surface area contributed by atoms with Gasteiger partial charge in [-0.2, -0.15) is 0 Å². The van der Waals surface area contributed by atoms with Crippen LogP contribution < -0.4 is 5.32 Å². The lowest BCUT2D eigenvalue weighted by Gasteiger charge is -2.30. The Balaban J connectivity index is 2.16. The number of halogens is 4. The van der Waals surface area contributed by atoms with Crippen LogP contribution in [0.4, 0.5) is 8.78 Å². The summed E-state index contributed by atoms with van der Waals surface area (Å²) in [4.78, 5) is 12.1. The fourth-order valence-electron chi connectivity index (χ4n) is 2.58. The van der Waals surface area contributed by atoms with Crippen molar-refractivity contribution in [1.29, 1.82) is 0 Å². The third-order valence-electron chi connectivity index (χ3n) is 3.66. The van der Waals surface area contributed by atoms with Gasteiger partial charge in [-0.3, -0.25) is 4.79 Å². The molecule has 0 saturated heterocycles. The summed E-state index contributed by atoms with van der Waals surface area (Å²) < 4.78 is 27.7. The van der Waals surface area contributed by atoms with Gasteiger partial charge in [0, 0.05) is 16.4 Å². The molecule has 1 aliphatic rings. The molecule has 0 aliphatic heterocycles. The Morgan fingerprint density at radius 3 is 2.50 bits per heavy atom. The van der Waals surface area contributed by atoms with Crippen molar-refractivity contribution in [1.82, 2.24) is 5.32 Å². The minimum atomic E-state index is -0.868. The number of benzene rings is 1. The highest BCUT2D eigenvalue weighted by atomic mass is 79.9. The van der Waals surface area contributed by atoms with Crippen molar-refractivity contribution in [2.75, 3.05) is 5.88 Å². The summed E-state index contributed by atoms with van der Waals surface area (Å²) in [6, 6.07) is 2.05. The molecule has 0 radical (unpaired) electrons. The molecule has 0 spiro atoms. The van der Waals surface area contributed by atoms with Crippen molar-refractivity contribution in [3.63, 3.8) is 0 Å². The van der Waals surface area contributed by atoms with E-state index in [4.69, 9.17) is 11.6 Å². The van der Waals surface area contributed by atoms with E-state index in [0.29, 0.717) is 5.88 Å². The van der Waals surface area contributed by atoms with Crippen LogP contribution in [0.5, 0.6) is 0 Å². The standard InChI is InChI=1S/C14H15BrClF2NO/c15-9-5-10(17)13(11(18)6-9)14(20)19-12-4-2-1-3-8(12)7-16/h5-6,8,12H,1-4,7H2,(H,19,20). The molecule has 0 bridgehead atoms. The van der Waals surface area contributed by atoms with Crippen LogP contribution in [-0.4, -0.2) is 17.8 Å². The second kappa shape index (κ2) is 6.85. The summed E-state index contributed by atoms with van der Waals surface area (Å²) in [7, 11) is 0. The Morgan fingerprint density at radius 1 is 1.30 bits per heavy atom. The topological polar surface area (TPSA) is 29.1 Å². The quantitative estimate of drug-likeness (QED) is 0.796. The molecule has 2 rings (SSSR count). The zero-order valence-corrected chi connectivity index (χ0v) is 13.1. The lowest BCUT2D eigenvalue weighted by Crippen LogP contribution is -2.43. The first-order chi connectivity index (χ1) is 9.52. The number of nitrogens with one attached hydrogen (secondary N) is 1. The molecule has 1 fully saturated rings. The van der Waals surface area contributed by atoms with Gasteiger partial charge in [0.2, 0.25) is 0 Å². The number of alkyl halides is 1. The van der Waals surface area contributed by atoms with Crippen LogP contribution in [0, 0.1) is 17.6 Å². The molecule has 2 atom stereocenters. The van der Waals surface area contributed by atoms with Crippen molar-refractivity contribution in [2.45, 2.75) is 31.7 Å². The molecule has 1 aromatic carbocycles. The van der Waals surface area contributed by atoms with Crippen LogP contribution in [0.15, 0.2) is 16.6 Å². The maximum atomic E-state index is 13.7. The van der Waals surface area contributed by atoms with Gasteiger partial charge in [-0.1, -0.05) is 28.8 Å².